The SMILES string of the molecule is CC.CCNC(=O)c1nc(-c2cnc3[nH]c(-c4ccc(F)cc4)cc3c2)cs1.CO. The number of carbonyl (C=O) groups is 1. The Labute approximate surface area is 178 Å². The molecule has 0 saturated carbocycles. The van der Waals surface area contributed by atoms with E-state index < -0.39 is 0 Å². The number of aliphatic hydroxyl groups excluding tert-OH is 1. The zero-order valence-corrected chi connectivity index (χ0v) is 18.2. The monoisotopic (exact) mass is 428 g/mol. The number of amides is 1. The highest BCUT2D eigenvalue weighted by Gasteiger charge is 2.13. The first kappa shape index (κ1) is 23.2. The molecule has 4 aromatic rings. The van der Waals surface area contributed by atoms with Crippen molar-refractivity contribution in [3.63, 3.8) is 0 Å². The van der Waals surface area contributed by atoms with Crippen LogP contribution in [-0.4, -0.2) is 39.6 Å². The van der Waals surface area contributed by atoms with Gasteiger partial charge in [0.05, 0.1) is 5.69 Å². The standard InChI is InChI=1S/C19H15FN4OS.C2H6.CH4O/c1-2-21-18(25)19-24-16(10-26-19)13-7-12-8-15(23-17(12)22-9-13)11-3-5-14(20)6-4-11;2*1-2/h3-10H,2H2,1H3,(H,21,25)(H,22,23);1-2H3;2H,1H3. The summed E-state index contributed by atoms with van der Waals surface area (Å²) in [5.41, 5.74) is 4.06. The van der Waals surface area contributed by atoms with E-state index in [2.05, 4.69) is 20.3 Å². The van der Waals surface area contributed by atoms with E-state index in [1.54, 1.807) is 18.3 Å². The molecule has 30 heavy (non-hydrogen) atoms. The Morgan fingerprint density at radius 3 is 2.53 bits per heavy atom. The molecule has 3 aromatic heterocycles. The highest BCUT2D eigenvalue weighted by Crippen LogP contribution is 2.28. The second-order valence-corrected chi connectivity index (χ2v) is 6.61. The molecule has 0 saturated heterocycles. The quantitative estimate of drug-likeness (QED) is 0.432. The normalized spacial score (nSPS) is 9.93. The summed E-state index contributed by atoms with van der Waals surface area (Å²) in [4.78, 5) is 24.0. The fourth-order valence-corrected chi connectivity index (χ4v) is 3.43. The molecular formula is C22H25FN4O2S. The van der Waals surface area contributed by atoms with Crippen LogP contribution in [0.5, 0.6) is 0 Å². The molecule has 1 amide bonds. The largest absolute Gasteiger partial charge is 0.400 e. The Bertz CT molecular complexity index is 1090. The minimum atomic E-state index is -0.267. The van der Waals surface area contributed by atoms with Crippen LogP contribution in [0.25, 0.3) is 33.5 Å². The summed E-state index contributed by atoms with van der Waals surface area (Å²) >= 11 is 1.31. The molecule has 0 bridgehead atoms. The van der Waals surface area contributed by atoms with Crippen molar-refractivity contribution in [3.8, 4) is 22.5 Å². The third-order valence-electron chi connectivity index (χ3n) is 3.96. The Balaban J connectivity index is 0.000000757. The number of fused-ring (bicyclic) bond motifs is 1. The van der Waals surface area contributed by atoms with Crippen molar-refractivity contribution in [2.24, 2.45) is 0 Å². The van der Waals surface area contributed by atoms with Gasteiger partial charge >= 0.3 is 0 Å². The van der Waals surface area contributed by atoms with E-state index in [-0.39, 0.29) is 11.7 Å². The predicted molar refractivity (Wildman–Crippen MR) is 120 cm³/mol. The number of thiazole rings is 1. The molecule has 3 N–H and O–H groups in total. The smallest absolute Gasteiger partial charge is 0.280 e. The van der Waals surface area contributed by atoms with Crippen LogP contribution < -0.4 is 5.32 Å². The topological polar surface area (TPSA) is 90.9 Å². The van der Waals surface area contributed by atoms with Gasteiger partial charge in [0.2, 0.25) is 0 Å². The minimum absolute atomic E-state index is 0.168. The number of carbonyl (C=O) groups excluding carboxylic acids is 1. The van der Waals surface area contributed by atoms with Gasteiger partial charge in [-0.3, -0.25) is 4.79 Å². The van der Waals surface area contributed by atoms with E-state index in [0.717, 1.165) is 40.7 Å². The lowest BCUT2D eigenvalue weighted by molar-refractivity contribution is 0.0955. The Hall–Kier alpha value is -3.10. The summed E-state index contributed by atoms with van der Waals surface area (Å²) < 4.78 is 13.1. The number of nitrogens with one attached hydrogen (secondary N) is 2. The van der Waals surface area contributed by atoms with Gasteiger partial charge in [-0.25, -0.2) is 14.4 Å². The molecule has 1 aromatic carbocycles. The maximum Gasteiger partial charge on any atom is 0.280 e. The van der Waals surface area contributed by atoms with Gasteiger partial charge in [0.15, 0.2) is 5.01 Å². The van der Waals surface area contributed by atoms with Crippen LogP contribution in [0.2, 0.25) is 0 Å². The highest BCUT2D eigenvalue weighted by atomic mass is 32.1. The maximum absolute atomic E-state index is 13.1. The van der Waals surface area contributed by atoms with Gasteiger partial charge in [-0.15, -0.1) is 11.3 Å². The summed E-state index contributed by atoms with van der Waals surface area (Å²) in [6.07, 6.45) is 1.73. The molecule has 4 rings (SSSR count). The van der Waals surface area contributed by atoms with Crippen molar-refractivity contribution in [2.45, 2.75) is 20.8 Å². The second-order valence-electron chi connectivity index (χ2n) is 5.75. The van der Waals surface area contributed by atoms with Crippen LogP contribution in [0.1, 0.15) is 30.6 Å². The fraction of sp³-hybridized carbons (Fsp3) is 0.227. The minimum Gasteiger partial charge on any atom is -0.400 e. The fourth-order valence-electron chi connectivity index (χ4n) is 2.69. The predicted octanol–water partition coefficient (Wildman–Crippen LogP) is 4.88. The number of aromatic amines is 1. The van der Waals surface area contributed by atoms with Crippen LogP contribution >= 0.6 is 11.3 Å². The number of aromatic nitrogens is 3. The van der Waals surface area contributed by atoms with Crippen molar-refractivity contribution in [1.29, 1.82) is 0 Å². The summed E-state index contributed by atoms with van der Waals surface area (Å²) in [7, 11) is 1.00. The number of nitrogens with zero attached hydrogens (tertiary/aromatic N) is 2. The van der Waals surface area contributed by atoms with Crippen LogP contribution in [0.4, 0.5) is 4.39 Å². The molecule has 0 spiro atoms. The highest BCUT2D eigenvalue weighted by molar-refractivity contribution is 7.12. The maximum atomic E-state index is 13.1. The average molecular weight is 429 g/mol. The van der Waals surface area contributed by atoms with E-state index in [9.17, 15) is 9.18 Å². The molecule has 6 nitrogen and oxygen atoms in total. The van der Waals surface area contributed by atoms with Crippen LogP contribution in [0.3, 0.4) is 0 Å². The first-order valence-electron chi connectivity index (χ1n) is 9.57. The molecule has 8 heteroatoms. The van der Waals surface area contributed by atoms with E-state index >= 15 is 0 Å². The van der Waals surface area contributed by atoms with Gasteiger partial charge in [-0.2, -0.15) is 0 Å². The Morgan fingerprint density at radius 2 is 1.87 bits per heavy atom. The first-order valence-corrected chi connectivity index (χ1v) is 10.5. The number of pyridine rings is 1. The molecule has 3 heterocycles. The average Bonchev–Trinajstić information content (AvgIpc) is 3.44. The van der Waals surface area contributed by atoms with Crippen molar-refractivity contribution in [3.05, 3.63) is 58.8 Å². The van der Waals surface area contributed by atoms with Crippen molar-refractivity contribution in [1.82, 2.24) is 20.3 Å². The van der Waals surface area contributed by atoms with Gasteiger partial charge in [-0.1, -0.05) is 13.8 Å². The van der Waals surface area contributed by atoms with Crippen LogP contribution in [-0.2, 0) is 0 Å². The number of benzene rings is 1. The molecule has 0 atom stereocenters. The third-order valence-corrected chi connectivity index (χ3v) is 4.80. The van der Waals surface area contributed by atoms with Gasteiger partial charge in [0.1, 0.15) is 11.5 Å². The van der Waals surface area contributed by atoms with E-state index in [0.29, 0.717) is 11.6 Å². The molecule has 0 radical (unpaired) electrons. The van der Waals surface area contributed by atoms with Gasteiger partial charge in [-0.05, 0) is 48.9 Å². The van der Waals surface area contributed by atoms with Crippen LogP contribution in [0, 0.1) is 5.82 Å². The summed E-state index contributed by atoms with van der Waals surface area (Å²) in [6.45, 7) is 6.44. The first-order chi connectivity index (χ1) is 14.6. The van der Waals surface area contributed by atoms with Crippen LogP contribution in [0.15, 0.2) is 48.0 Å². The summed E-state index contributed by atoms with van der Waals surface area (Å²) in [5.74, 6) is -0.435. The van der Waals surface area contributed by atoms with E-state index in [1.165, 1.54) is 23.5 Å². The number of rotatable bonds is 4. The summed E-state index contributed by atoms with van der Waals surface area (Å²) in [6, 6.07) is 10.2. The molecule has 0 aliphatic heterocycles. The van der Waals surface area contributed by atoms with Gasteiger partial charge in [0, 0.05) is 41.9 Å². The van der Waals surface area contributed by atoms with Crippen molar-refractivity contribution < 1.29 is 14.3 Å². The lowest BCUT2D eigenvalue weighted by atomic mass is 10.1. The molecule has 0 aliphatic carbocycles. The molecular weight excluding hydrogens is 403 g/mol. The summed E-state index contributed by atoms with van der Waals surface area (Å²) in [5, 5.41) is 13.0. The second kappa shape index (κ2) is 11.2. The lowest BCUT2D eigenvalue weighted by Gasteiger charge is -1.97. The number of H-pyrrole nitrogens is 1. The van der Waals surface area contributed by atoms with Gasteiger partial charge < -0.3 is 15.4 Å². The Kier molecular flexibility index (Phi) is 8.64. The molecule has 158 valence electrons. The van der Waals surface area contributed by atoms with E-state index in [1.807, 2.05) is 38.3 Å². The third kappa shape index (κ3) is 5.28. The van der Waals surface area contributed by atoms with Gasteiger partial charge in [0.25, 0.3) is 5.91 Å². The number of hydrogen-bond donors (Lipinski definition) is 3. The van der Waals surface area contributed by atoms with E-state index in [4.69, 9.17) is 5.11 Å². The molecule has 0 fully saturated rings. The zero-order chi connectivity index (χ0) is 22.1. The Morgan fingerprint density at radius 1 is 1.17 bits per heavy atom. The molecule has 0 unspecified atom stereocenters. The van der Waals surface area contributed by atoms with Crippen molar-refractivity contribution >= 4 is 28.3 Å². The van der Waals surface area contributed by atoms with Crippen molar-refractivity contribution in [2.75, 3.05) is 13.7 Å². The number of hydrogen-bond acceptors (Lipinski definition) is 5. The lowest BCUT2D eigenvalue weighted by Crippen LogP contribution is -2.22. The molecule has 0 aliphatic rings. The zero-order valence-electron chi connectivity index (χ0n) is 17.4. The number of halogens is 1. The number of aliphatic hydroxyl groups is 1.